The number of nitrogens with one attached hydrogen (secondary N) is 1. The zero-order valence-electron chi connectivity index (χ0n) is 5.84. The topological polar surface area (TPSA) is 53.9 Å². The van der Waals surface area contributed by atoms with Crippen molar-refractivity contribution in [3.8, 4) is 0 Å². The van der Waals surface area contributed by atoms with Crippen molar-refractivity contribution in [1.29, 1.82) is 0 Å². The second-order valence-electron chi connectivity index (χ2n) is 2.17. The number of aliphatic hydroxyl groups is 1. The molecule has 0 amide bonds. The third-order valence-corrected chi connectivity index (χ3v) is 1.25. The molecule has 4 heteroatoms. The molecule has 58 valence electrons. The fraction of sp³-hybridized carbons (Fsp3) is 0.833. The highest BCUT2D eigenvalue weighted by molar-refractivity contribution is 5.92. The molecule has 4 nitrogen and oxygen atoms in total. The van der Waals surface area contributed by atoms with Gasteiger partial charge in [-0.25, -0.2) is 0 Å². The van der Waals surface area contributed by atoms with Crippen LogP contribution < -0.4 is 5.32 Å². The highest BCUT2D eigenvalue weighted by Gasteiger charge is 2.08. The van der Waals surface area contributed by atoms with Gasteiger partial charge in [0.2, 0.25) is 0 Å². The van der Waals surface area contributed by atoms with Crippen molar-refractivity contribution in [3.05, 3.63) is 0 Å². The molecule has 0 atom stereocenters. The minimum absolute atomic E-state index is 0.170. The first-order valence-electron chi connectivity index (χ1n) is 3.43. The van der Waals surface area contributed by atoms with Gasteiger partial charge < -0.3 is 15.3 Å². The molecule has 0 aromatic rings. The zero-order valence-corrected chi connectivity index (χ0v) is 5.84. The van der Waals surface area contributed by atoms with Gasteiger partial charge in [0.1, 0.15) is 6.61 Å². The maximum Gasteiger partial charge on any atom is 0.119 e. The molecule has 0 unspecified atom stereocenters. The predicted molar refractivity (Wildman–Crippen MR) is 38.0 cm³/mol. The summed E-state index contributed by atoms with van der Waals surface area (Å²) >= 11 is 0. The quantitative estimate of drug-likeness (QED) is 0.407. The lowest BCUT2D eigenvalue weighted by molar-refractivity contribution is 0.122. The first-order valence-corrected chi connectivity index (χ1v) is 3.43. The standard InChI is InChI=1S/C6H12N2O2/c9-2-1-3-10-8-6-4-7-5-6/h7,9H,1-5H2. The van der Waals surface area contributed by atoms with E-state index < -0.39 is 0 Å². The van der Waals surface area contributed by atoms with Gasteiger partial charge in [0.05, 0.1) is 5.71 Å². The van der Waals surface area contributed by atoms with Gasteiger partial charge in [0.25, 0.3) is 0 Å². The average Bonchev–Trinajstić information content (AvgIpc) is 1.84. The SMILES string of the molecule is OCCCON=C1CNC1. The first kappa shape index (κ1) is 7.50. The van der Waals surface area contributed by atoms with Gasteiger partial charge in [-0.1, -0.05) is 5.16 Å². The van der Waals surface area contributed by atoms with Gasteiger partial charge in [-0.3, -0.25) is 0 Å². The summed E-state index contributed by atoms with van der Waals surface area (Å²) in [5, 5.41) is 15.2. The Morgan fingerprint density at radius 2 is 2.40 bits per heavy atom. The number of rotatable bonds is 4. The van der Waals surface area contributed by atoms with E-state index in [-0.39, 0.29) is 6.61 Å². The molecule has 2 N–H and O–H groups in total. The van der Waals surface area contributed by atoms with E-state index in [0.717, 1.165) is 18.8 Å². The van der Waals surface area contributed by atoms with E-state index in [4.69, 9.17) is 9.94 Å². The second kappa shape index (κ2) is 4.24. The fourth-order valence-corrected chi connectivity index (χ4v) is 0.567. The summed E-state index contributed by atoms with van der Waals surface area (Å²) in [4.78, 5) is 4.87. The zero-order chi connectivity index (χ0) is 7.23. The monoisotopic (exact) mass is 144 g/mol. The van der Waals surface area contributed by atoms with E-state index >= 15 is 0 Å². The lowest BCUT2D eigenvalue weighted by Gasteiger charge is -2.15. The number of hydrogen-bond acceptors (Lipinski definition) is 4. The molecule has 0 radical (unpaired) electrons. The molecule has 0 aliphatic carbocycles. The Morgan fingerprint density at radius 3 is 2.90 bits per heavy atom. The largest absolute Gasteiger partial charge is 0.396 e. The third-order valence-electron chi connectivity index (χ3n) is 1.25. The molecule has 10 heavy (non-hydrogen) atoms. The average molecular weight is 144 g/mol. The summed E-state index contributed by atoms with van der Waals surface area (Å²) in [6.07, 6.45) is 0.657. The van der Waals surface area contributed by atoms with Crippen molar-refractivity contribution < 1.29 is 9.94 Å². The van der Waals surface area contributed by atoms with Crippen molar-refractivity contribution in [2.24, 2.45) is 5.16 Å². The van der Waals surface area contributed by atoms with Gasteiger partial charge in [-0.2, -0.15) is 0 Å². The summed E-state index contributed by atoms with van der Waals surface area (Å²) in [6, 6.07) is 0. The molecule has 1 rings (SSSR count). The van der Waals surface area contributed by atoms with E-state index in [1.165, 1.54) is 0 Å². The highest BCUT2D eigenvalue weighted by atomic mass is 16.6. The maximum atomic E-state index is 8.36. The van der Waals surface area contributed by atoms with Crippen molar-refractivity contribution in [3.63, 3.8) is 0 Å². The predicted octanol–water partition coefficient (Wildman–Crippen LogP) is -0.655. The van der Waals surface area contributed by atoms with Gasteiger partial charge in [0.15, 0.2) is 0 Å². The molecule has 0 saturated carbocycles. The summed E-state index contributed by atoms with van der Waals surface area (Å²) in [5.41, 5.74) is 1.05. The lowest BCUT2D eigenvalue weighted by atomic mass is 10.2. The highest BCUT2D eigenvalue weighted by Crippen LogP contribution is 1.89. The maximum absolute atomic E-state index is 8.36. The summed E-state index contributed by atoms with van der Waals surface area (Å²) in [6.45, 7) is 2.38. The normalized spacial score (nSPS) is 16.3. The molecule has 1 fully saturated rings. The van der Waals surface area contributed by atoms with Crippen LogP contribution >= 0.6 is 0 Å². The summed E-state index contributed by atoms with van der Waals surface area (Å²) in [5.74, 6) is 0. The van der Waals surface area contributed by atoms with Crippen molar-refractivity contribution in [2.45, 2.75) is 6.42 Å². The molecule has 1 saturated heterocycles. The third kappa shape index (κ3) is 2.33. The Morgan fingerprint density at radius 1 is 1.60 bits per heavy atom. The Labute approximate surface area is 59.9 Å². The molecular weight excluding hydrogens is 132 g/mol. The van der Waals surface area contributed by atoms with Crippen LogP contribution in [0.1, 0.15) is 6.42 Å². The van der Waals surface area contributed by atoms with Crippen LogP contribution in [0.2, 0.25) is 0 Å². The number of oxime groups is 1. The molecule has 0 aromatic heterocycles. The molecule has 0 spiro atoms. The van der Waals surface area contributed by atoms with Crippen molar-refractivity contribution in [1.82, 2.24) is 5.32 Å². The number of aliphatic hydroxyl groups excluding tert-OH is 1. The van der Waals surface area contributed by atoms with E-state index in [2.05, 4.69) is 10.5 Å². The van der Waals surface area contributed by atoms with Crippen LogP contribution in [0.25, 0.3) is 0 Å². The molecule has 1 aliphatic heterocycles. The Kier molecular flexibility index (Phi) is 3.18. The van der Waals surface area contributed by atoms with E-state index in [1.54, 1.807) is 0 Å². The molecule has 0 aromatic carbocycles. The van der Waals surface area contributed by atoms with Gasteiger partial charge in [0, 0.05) is 26.1 Å². The van der Waals surface area contributed by atoms with Crippen LogP contribution in [0.15, 0.2) is 5.16 Å². The van der Waals surface area contributed by atoms with Crippen LogP contribution in [0.5, 0.6) is 0 Å². The molecule has 1 aliphatic rings. The minimum Gasteiger partial charge on any atom is -0.396 e. The smallest absolute Gasteiger partial charge is 0.119 e. The first-order chi connectivity index (χ1) is 4.93. The van der Waals surface area contributed by atoms with E-state index in [1.807, 2.05) is 0 Å². The molecular formula is C6H12N2O2. The summed E-state index contributed by atoms with van der Waals surface area (Å²) in [7, 11) is 0. The van der Waals surface area contributed by atoms with E-state index in [0.29, 0.717) is 13.0 Å². The van der Waals surface area contributed by atoms with Crippen LogP contribution in [-0.2, 0) is 4.84 Å². The lowest BCUT2D eigenvalue weighted by Crippen LogP contribution is -2.42. The Hall–Kier alpha value is -0.610. The molecule has 1 heterocycles. The van der Waals surface area contributed by atoms with Crippen LogP contribution in [0.4, 0.5) is 0 Å². The van der Waals surface area contributed by atoms with Gasteiger partial charge in [-0.05, 0) is 0 Å². The molecule has 0 bridgehead atoms. The number of nitrogens with zero attached hydrogens (tertiary/aromatic N) is 1. The minimum atomic E-state index is 0.170. The van der Waals surface area contributed by atoms with Crippen LogP contribution in [0, 0.1) is 0 Å². The van der Waals surface area contributed by atoms with Gasteiger partial charge in [-0.15, -0.1) is 0 Å². The summed E-state index contributed by atoms with van der Waals surface area (Å²) < 4.78 is 0. The van der Waals surface area contributed by atoms with Crippen molar-refractivity contribution in [2.75, 3.05) is 26.3 Å². The van der Waals surface area contributed by atoms with Crippen LogP contribution in [0.3, 0.4) is 0 Å². The Balaban J connectivity index is 1.93. The second-order valence-corrected chi connectivity index (χ2v) is 2.17. The van der Waals surface area contributed by atoms with Gasteiger partial charge >= 0.3 is 0 Å². The van der Waals surface area contributed by atoms with E-state index in [9.17, 15) is 0 Å². The Bertz CT molecular complexity index is 119. The number of hydrogen-bond donors (Lipinski definition) is 2. The van der Waals surface area contributed by atoms with Crippen molar-refractivity contribution >= 4 is 5.71 Å². The van der Waals surface area contributed by atoms with Crippen LogP contribution in [-0.4, -0.2) is 37.1 Å². The fourth-order valence-electron chi connectivity index (χ4n) is 0.567.